The van der Waals surface area contributed by atoms with Crippen molar-refractivity contribution in [3.63, 3.8) is 0 Å². The first kappa shape index (κ1) is 17.8. The fraction of sp³-hybridized carbons (Fsp3) is 0.167. The van der Waals surface area contributed by atoms with E-state index in [1.54, 1.807) is 24.3 Å². The van der Waals surface area contributed by atoms with E-state index in [4.69, 9.17) is 19.5 Å². The Morgan fingerprint density at radius 3 is 2.16 bits per heavy atom. The number of rotatable bonds is 6. The van der Waals surface area contributed by atoms with Gasteiger partial charge >= 0.3 is 5.69 Å². The van der Waals surface area contributed by atoms with Crippen molar-refractivity contribution in [2.75, 3.05) is 21.3 Å². The quantitative estimate of drug-likeness (QED) is 0.453. The molecule has 0 bridgehead atoms. The number of methoxy groups -OCH3 is 3. The van der Waals surface area contributed by atoms with E-state index in [1.807, 2.05) is 6.07 Å². The third-order valence-corrected chi connectivity index (χ3v) is 3.56. The first-order chi connectivity index (χ1) is 12.0. The predicted octanol–water partition coefficient (Wildman–Crippen LogP) is 3.58. The van der Waals surface area contributed by atoms with Crippen molar-refractivity contribution >= 4 is 11.3 Å². The normalized spacial score (nSPS) is 10.7. The topological polar surface area (TPSA) is 94.6 Å². The summed E-state index contributed by atoms with van der Waals surface area (Å²) in [5, 5.41) is 20.4. The zero-order chi connectivity index (χ0) is 18.4. The summed E-state index contributed by atoms with van der Waals surface area (Å²) in [4.78, 5) is 10.7. The van der Waals surface area contributed by atoms with E-state index in [1.165, 1.54) is 39.5 Å². The van der Waals surface area contributed by atoms with Gasteiger partial charge in [-0.3, -0.25) is 10.1 Å². The van der Waals surface area contributed by atoms with Gasteiger partial charge in [0.1, 0.15) is 11.5 Å². The molecule has 0 aliphatic carbocycles. The largest absolute Gasteiger partial charge is 0.497 e. The molecule has 0 radical (unpaired) electrons. The van der Waals surface area contributed by atoms with E-state index in [-0.39, 0.29) is 11.4 Å². The zero-order valence-corrected chi connectivity index (χ0v) is 14.0. The Bertz CT molecular complexity index is 846. The van der Waals surface area contributed by atoms with E-state index in [9.17, 15) is 10.1 Å². The zero-order valence-electron chi connectivity index (χ0n) is 14.0. The molecule has 0 spiro atoms. The molecule has 0 unspecified atom stereocenters. The lowest BCUT2D eigenvalue weighted by Gasteiger charge is -2.12. The van der Waals surface area contributed by atoms with Gasteiger partial charge in [0.25, 0.3) is 0 Å². The van der Waals surface area contributed by atoms with Crippen molar-refractivity contribution in [1.29, 1.82) is 5.26 Å². The predicted molar refractivity (Wildman–Crippen MR) is 91.9 cm³/mol. The summed E-state index contributed by atoms with van der Waals surface area (Å²) in [6.07, 6.45) is 1.32. The van der Waals surface area contributed by atoms with Crippen LogP contribution >= 0.6 is 0 Å². The van der Waals surface area contributed by atoms with Crippen LogP contribution in [0.1, 0.15) is 11.1 Å². The Morgan fingerprint density at radius 1 is 1.04 bits per heavy atom. The molecule has 0 atom stereocenters. The molecule has 0 saturated heterocycles. The first-order valence-electron chi connectivity index (χ1n) is 7.20. The maximum Gasteiger partial charge on any atom is 0.311 e. The molecule has 0 aliphatic rings. The highest BCUT2D eigenvalue weighted by molar-refractivity contribution is 5.83. The van der Waals surface area contributed by atoms with Crippen LogP contribution in [0, 0.1) is 21.4 Å². The van der Waals surface area contributed by atoms with Crippen LogP contribution in [0.3, 0.4) is 0 Å². The van der Waals surface area contributed by atoms with Gasteiger partial charge in [0.05, 0.1) is 32.3 Å². The van der Waals surface area contributed by atoms with Crippen LogP contribution in [0.25, 0.3) is 5.57 Å². The van der Waals surface area contributed by atoms with Crippen molar-refractivity contribution in [2.24, 2.45) is 0 Å². The van der Waals surface area contributed by atoms with Gasteiger partial charge in [-0.1, -0.05) is 6.07 Å². The Kier molecular flexibility index (Phi) is 5.58. The van der Waals surface area contributed by atoms with Crippen molar-refractivity contribution in [2.45, 2.75) is 0 Å². The second kappa shape index (κ2) is 7.84. The van der Waals surface area contributed by atoms with Crippen molar-refractivity contribution in [3.05, 3.63) is 63.7 Å². The smallest absolute Gasteiger partial charge is 0.311 e. The van der Waals surface area contributed by atoms with Gasteiger partial charge in [-0.25, -0.2) is 0 Å². The Balaban J connectivity index is 2.65. The van der Waals surface area contributed by atoms with E-state index in [0.29, 0.717) is 28.2 Å². The summed E-state index contributed by atoms with van der Waals surface area (Å²) < 4.78 is 15.5. The number of benzene rings is 2. The average molecular weight is 340 g/mol. The number of hydrogen-bond donors (Lipinski definition) is 0. The Hall–Kier alpha value is -3.53. The van der Waals surface area contributed by atoms with Gasteiger partial charge in [0, 0.05) is 18.2 Å². The van der Waals surface area contributed by atoms with Crippen LogP contribution in [0.4, 0.5) is 5.69 Å². The summed E-state index contributed by atoms with van der Waals surface area (Å²) in [5.74, 6) is 1.23. The van der Waals surface area contributed by atoms with Gasteiger partial charge in [0.2, 0.25) is 0 Å². The van der Waals surface area contributed by atoms with E-state index in [0.717, 1.165) is 0 Å². The second-order valence-electron chi connectivity index (χ2n) is 4.93. The van der Waals surface area contributed by atoms with Gasteiger partial charge in [0.15, 0.2) is 5.75 Å². The molecular formula is C18H16N2O5. The van der Waals surface area contributed by atoms with Gasteiger partial charge < -0.3 is 14.2 Å². The number of nitriles is 1. The number of allylic oxidation sites excluding steroid dienone is 1. The lowest BCUT2D eigenvalue weighted by Crippen LogP contribution is -1.97. The molecule has 0 heterocycles. The molecular weight excluding hydrogens is 324 g/mol. The highest BCUT2D eigenvalue weighted by Gasteiger charge is 2.18. The van der Waals surface area contributed by atoms with Crippen LogP contribution in [0.2, 0.25) is 0 Å². The molecule has 2 rings (SSSR count). The minimum atomic E-state index is -0.529. The summed E-state index contributed by atoms with van der Waals surface area (Å²) in [7, 11) is 4.40. The summed E-state index contributed by atoms with van der Waals surface area (Å²) in [5.41, 5.74) is 1.46. The van der Waals surface area contributed by atoms with Gasteiger partial charge in [-0.15, -0.1) is 0 Å². The van der Waals surface area contributed by atoms with Crippen molar-refractivity contribution in [3.8, 4) is 23.3 Å². The van der Waals surface area contributed by atoms with Crippen LogP contribution in [-0.2, 0) is 0 Å². The van der Waals surface area contributed by atoms with E-state index < -0.39 is 4.92 Å². The summed E-state index contributed by atoms with van der Waals surface area (Å²) >= 11 is 0. The minimum absolute atomic E-state index is 0.147. The summed E-state index contributed by atoms with van der Waals surface area (Å²) in [6, 6.07) is 11.6. The maximum absolute atomic E-state index is 11.3. The Morgan fingerprint density at radius 2 is 1.68 bits per heavy atom. The highest BCUT2D eigenvalue weighted by atomic mass is 16.6. The molecule has 25 heavy (non-hydrogen) atoms. The molecule has 7 heteroatoms. The fourth-order valence-electron chi connectivity index (χ4n) is 2.36. The van der Waals surface area contributed by atoms with E-state index >= 15 is 0 Å². The van der Waals surface area contributed by atoms with Crippen molar-refractivity contribution < 1.29 is 19.1 Å². The number of ether oxygens (including phenoxy) is 3. The number of nitro groups is 1. The molecule has 0 amide bonds. The van der Waals surface area contributed by atoms with Crippen LogP contribution < -0.4 is 14.2 Å². The molecule has 128 valence electrons. The molecule has 0 aromatic heterocycles. The van der Waals surface area contributed by atoms with Crippen LogP contribution in [0.5, 0.6) is 17.2 Å². The monoisotopic (exact) mass is 340 g/mol. The molecule has 2 aromatic carbocycles. The molecule has 0 N–H and O–H groups in total. The lowest BCUT2D eigenvalue weighted by atomic mass is 9.96. The number of hydrogen-bond acceptors (Lipinski definition) is 6. The second-order valence-corrected chi connectivity index (χ2v) is 4.93. The highest BCUT2D eigenvalue weighted by Crippen LogP contribution is 2.35. The van der Waals surface area contributed by atoms with Crippen LogP contribution in [0.15, 0.2) is 42.5 Å². The minimum Gasteiger partial charge on any atom is -0.497 e. The van der Waals surface area contributed by atoms with E-state index in [2.05, 4.69) is 0 Å². The van der Waals surface area contributed by atoms with Gasteiger partial charge in [-0.2, -0.15) is 5.26 Å². The molecule has 0 saturated carbocycles. The number of nitro benzene ring substituents is 1. The average Bonchev–Trinajstić information content (AvgIpc) is 2.64. The molecule has 0 aliphatic heterocycles. The maximum atomic E-state index is 11.3. The third kappa shape index (κ3) is 3.87. The fourth-order valence-corrected chi connectivity index (χ4v) is 2.36. The molecule has 0 fully saturated rings. The SMILES string of the molecule is COc1cc(OC)cc(/C(=C/C#N)c2ccc(OC)c([N+](=O)[O-])c2)c1. The van der Waals surface area contributed by atoms with Crippen molar-refractivity contribution in [1.82, 2.24) is 0 Å². The lowest BCUT2D eigenvalue weighted by molar-refractivity contribution is -0.385. The Labute approximate surface area is 144 Å². The molecule has 7 nitrogen and oxygen atoms in total. The standard InChI is InChI=1S/C18H16N2O5/c1-23-14-8-13(9-15(11-14)24-2)16(6-7-19)12-4-5-18(25-3)17(10-12)20(21)22/h4-6,8-11H,1-3H3/b16-6+. The van der Waals surface area contributed by atoms with Crippen LogP contribution in [-0.4, -0.2) is 26.3 Å². The number of nitrogens with zero attached hydrogens (tertiary/aromatic N) is 2. The summed E-state index contributed by atoms with van der Waals surface area (Å²) in [6.45, 7) is 0. The molecule has 2 aromatic rings. The third-order valence-electron chi connectivity index (χ3n) is 3.56. The van der Waals surface area contributed by atoms with Gasteiger partial charge in [-0.05, 0) is 34.9 Å². The first-order valence-corrected chi connectivity index (χ1v) is 7.20.